The third kappa shape index (κ3) is 4.30. The van der Waals surface area contributed by atoms with Crippen LogP contribution in [0.5, 0.6) is 5.75 Å². The second-order valence-corrected chi connectivity index (χ2v) is 9.34. The average Bonchev–Trinajstić information content (AvgIpc) is 3.10. The predicted molar refractivity (Wildman–Crippen MR) is 129 cm³/mol. The Balaban J connectivity index is 1.95. The summed E-state index contributed by atoms with van der Waals surface area (Å²) < 4.78 is 33.1. The van der Waals surface area contributed by atoms with Crippen LogP contribution in [0.2, 0.25) is 0 Å². The van der Waals surface area contributed by atoms with Gasteiger partial charge in [0.1, 0.15) is 11.5 Å². The van der Waals surface area contributed by atoms with E-state index in [2.05, 4.69) is 0 Å². The van der Waals surface area contributed by atoms with E-state index in [0.29, 0.717) is 16.9 Å². The number of amides is 1. The Hall–Kier alpha value is -4.00. The van der Waals surface area contributed by atoms with Crippen molar-refractivity contribution in [1.82, 2.24) is 0 Å². The minimum absolute atomic E-state index is 0.00372. The Morgan fingerprint density at radius 1 is 0.943 bits per heavy atom. The fourth-order valence-corrected chi connectivity index (χ4v) is 4.28. The molecule has 4 rings (SSSR count). The van der Waals surface area contributed by atoms with Gasteiger partial charge in [-0.15, -0.1) is 0 Å². The number of nitrogens with zero attached hydrogens (tertiary/aromatic N) is 1. The maximum atomic E-state index is 14.1. The smallest absolute Gasteiger partial charge is 0.300 e. The van der Waals surface area contributed by atoms with E-state index in [9.17, 15) is 23.5 Å². The number of rotatable bonds is 4. The topological polar surface area (TPSA) is 66.8 Å². The van der Waals surface area contributed by atoms with Crippen molar-refractivity contribution in [1.29, 1.82) is 0 Å². The molecule has 5 nitrogen and oxygen atoms in total. The number of carbonyl (C=O) groups excluding carboxylic acids is 2. The minimum atomic E-state index is -1.15. The van der Waals surface area contributed by atoms with E-state index < -0.39 is 29.4 Å². The molecular weight excluding hydrogens is 452 g/mol. The summed E-state index contributed by atoms with van der Waals surface area (Å²) in [5, 5.41) is 11.4. The number of anilines is 1. The SMILES string of the molecule is COc1ccc(/C(O)=C2/C(=O)C(=O)N(c3ccc(F)c(F)c3)C2c2ccccc2)cc1C(C)(C)C. The highest BCUT2D eigenvalue weighted by Gasteiger charge is 2.47. The van der Waals surface area contributed by atoms with Gasteiger partial charge in [-0.25, -0.2) is 8.78 Å². The highest BCUT2D eigenvalue weighted by Crippen LogP contribution is 2.43. The summed E-state index contributed by atoms with van der Waals surface area (Å²) in [5.74, 6) is -3.84. The molecule has 1 amide bonds. The number of ether oxygens (including phenoxy) is 1. The number of carbonyl (C=O) groups is 2. The van der Waals surface area contributed by atoms with Gasteiger partial charge in [0.25, 0.3) is 11.7 Å². The van der Waals surface area contributed by atoms with E-state index in [0.717, 1.165) is 22.6 Å². The van der Waals surface area contributed by atoms with Crippen LogP contribution in [0, 0.1) is 11.6 Å². The van der Waals surface area contributed by atoms with Crippen LogP contribution in [0.25, 0.3) is 5.76 Å². The van der Waals surface area contributed by atoms with E-state index in [4.69, 9.17) is 4.74 Å². The van der Waals surface area contributed by atoms with Gasteiger partial charge in [-0.1, -0.05) is 51.1 Å². The quantitative estimate of drug-likeness (QED) is 0.289. The average molecular weight is 478 g/mol. The molecular formula is C28H25F2NO4. The summed E-state index contributed by atoms with van der Waals surface area (Å²) in [7, 11) is 1.55. The molecule has 0 saturated carbocycles. The normalized spacial score (nSPS) is 17.7. The molecule has 1 aliphatic rings. The Morgan fingerprint density at radius 3 is 2.23 bits per heavy atom. The number of hydrogen-bond acceptors (Lipinski definition) is 4. The van der Waals surface area contributed by atoms with Crippen molar-refractivity contribution in [3.63, 3.8) is 0 Å². The van der Waals surface area contributed by atoms with Crippen LogP contribution in [-0.2, 0) is 15.0 Å². The van der Waals surface area contributed by atoms with Gasteiger partial charge in [0.05, 0.1) is 18.7 Å². The molecule has 180 valence electrons. The van der Waals surface area contributed by atoms with Crippen molar-refractivity contribution in [2.24, 2.45) is 0 Å². The molecule has 0 aromatic heterocycles. The molecule has 1 atom stereocenters. The second-order valence-electron chi connectivity index (χ2n) is 9.34. The van der Waals surface area contributed by atoms with E-state index in [1.807, 2.05) is 20.8 Å². The summed E-state index contributed by atoms with van der Waals surface area (Å²) in [4.78, 5) is 27.5. The standard InChI is InChI=1S/C28H25F2NO4/c1-28(2,3)19-14-17(10-13-22(19)35-4)25(32)23-24(16-8-6-5-7-9-16)31(27(34)26(23)33)18-11-12-20(29)21(30)15-18/h5-15,24,32H,1-4H3/b25-23-. The van der Waals surface area contributed by atoms with Crippen LogP contribution in [0.1, 0.15) is 43.5 Å². The molecule has 1 N–H and O–H groups in total. The highest BCUT2D eigenvalue weighted by atomic mass is 19.2. The Morgan fingerprint density at radius 2 is 1.63 bits per heavy atom. The van der Waals surface area contributed by atoms with E-state index in [1.165, 1.54) is 6.07 Å². The van der Waals surface area contributed by atoms with Gasteiger partial charge in [0, 0.05) is 22.9 Å². The van der Waals surface area contributed by atoms with Crippen molar-refractivity contribution < 1.29 is 28.2 Å². The molecule has 3 aromatic carbocycles. The lowest BCUT2D eigenvalue weighted by molar-refractivity contribution is -0.132. The number of ketones is 1. The maximum Gasteiger partial charge on any atom is 0.300 e. The first-order chi connectivity index (χ1) is 16.5. The Labute approximate surface area is 202 Å². The Kier molecular flexibility index (Phi) is 6.19. The zero-order chi connectivity index (χ0) is 25.5. The van der Waals surface area contributed by atoms with Crippen molar-refractivity contribution in [2.75, 3.05) is 12.0 Å². The lowest BCUT2D eigenvalue weighted by Gasteiger charge is -2.26. The third-order valence-electron chi connectivity index (χ3n) is 6.02. The van der Waals surface area contributed by atoms with Crippen LogP contribution in [0.15, 0.2) is 72.3 Å². The molecule has 1 heterocycles. The van der Waals surface area contributed by atoms with Gasteiger partial charge in [0.2, 0.25) is 0 Å². The van der Waals surface area contributed by atoms with Crippen LogP contribution < -0.4 is 9.64 Å². The van der Waals surface area contributed by atoms with E-state index in [-0.39, 0.29) is 22.4 Å². The number of halogens is 2. The van der Waals surface area contributed by atoms with E-state index >= 15 is 0 Å². The van der Waals surface area contributed by atoms with Gasteiger partial charge < -0.3 is 9.84 Å². The zero-order valence-corrected chi connectivity index (χ0v) is 19.8. The largest absolute Gasteiger partial charge is 0.507 e. The van der Waals surface area contributed by atoms with Crippen LogP contribution in [-0.4, -0.2) is 23.9 Å². The third-order valence-corrected chi connectivity index (χ3v) is 6.02. The van der Waals surface area contributed by atoms with Crippen LogP contribution >= 0.6 is 0 Å². The van der Waals surface area contributed by atoms with Crippen molar-refractivity contribution >= 4 is 23.1 Å². The van der Waals surface area contributed by atoms with Crippen molar-refractivity contribution in [2.45, 2.75) is 32.2 Å². The number of aliphatic hydroxyl groups excluding tert-OH is 1. The molecule has 3 aromatic rings. The van der Waals surface area contributed by atoms with Gasteiger partial charge in [-0.05, 0) is 41.3 Å². The number of methoxy groups -OCH3 is 1. The molecule has 7 heteroatoms. The first kappa shape index (κ1) is 24.1. The van der Waals surface area contributed by atoms with Crippen molar-refractivity contribution in [3.8, 4) is 5.75 Å². The number of Topliss-reactive ketones (excluding diaryl/α,β-unsaturated/α-hetero) is 1. The molecule has 1 saturated heterocycles. The lowest BCUT2D eigenvalue weighted by Crippen LogP contribution is -2.29. The first-order valence-electron chi connectivity index (χ1n) is 11.0. The minimum Gasteiger partial charge on any atom is -0.507 e. The van der Waals surface area contributed by atoms with Crippen molar-refractivity contribution in [3.05, 3.63) is 101 Å². The Bertz CT molecular complexity index is 1340. The lowest BCUT2D eigenvalue weighted by atomic mass is 9.84. The maximum absolute atomic E-state index is 14.1. The number of hydrogen-bond donors (Lipinski definition) is 1. The predicted octanol–water partition coefficient (Wildman–Crippen LogP) is 5.90. The van der Waals surface area contributed by atoms with Gasteiger partial charge in [-0.2, -0.15) is 0 Å². The molecule has 0 aliphatic carbocycles. The van der Waals surface area contributed by atoms with E-state index in [1.54, 1.807) is 55.6 Å². The monoisotopic (exact) mass is 477 g/mol. The summed E-state index contributed by atoms with van der Waals surface area (Å²) in [6.45, 7) is 5.96. The molecule has 1 unspecified atom stereocenters. The zero-order valence-electron chi connectivity index (χ0n) is 19.8. The van der Waals surface area contributed by atoms with Crippen LogP contribution in [0.3, 0.4) is 0 Å². The molecule has 1 aliphatic heterocycles. The molecule has 0 radical (unpaired) electrons. The highest BCUT2D eigenvalue weighted by molar-refractivity contribution is 6.51. The van der Waals surface area contributed by atoms with Gasteiger partial charge in [0.15, 0.2) is 11.6 Å². The molecule has 0 spiro atoms. The molecule has 0 bridgehead atoms. The molecule has 35 heavy (non-hydrogen) atoms. The van der Waals surface area contributed by atoms with Gasteiger partial charge >= 0.3 is 0 Å². The molecule has 1 fully saturated rings. The summed E-state index contributed by atoms with van der Waals surface area (Å²) >= 11 is 0. The fourth-order valence-electron chi connectivity index (χ4n) is 4.28. The second kappa shape index (κ2) is 8.98. The first-order valence-corrected chi connectivity index (χ1v) is 11.0. The summed E-state index contributed by atoms with van der Waals surface area (Å²) in [5.41, 5.74) is 1.19. The van der Waals surface area contributed by atoms with Gasteiger partial charge in [-0.3, -0.25) is 14.5 Å². The number of benzene rings is 3. The summed E-state index contributed by atoms with van der Waals surface area (Å²) in [6.07, 6.45) is 0. The number of aliphatic hydroxyl groups is 1. The fraction of sp³-hybridized carbons (Fsp3) is 0.214. The summed E-state index contributed by atoms with van der Waals surface area (Å²) in [6, 6.07) is 15.6. The van der Waals surface area contributed by atoms with Crippen LogP contribution in [0.4, 0.5) is 14.5 Å².